The van der Waals surface area contributed by atoms with E-state index in [0.717, 1.165) is 29.5 Å². The lowest BCUT2D eigenvalue weighted by Crippen LogP contribution is -2.45. The third kappa shape index (κ3) is 5.41. The van der Waals surface area contributed by atoms with Gasteiger partial charge in [-0.2, -0.15) is 10.2 Å². The van der Waals surface area contributed by atoms with E-state index in [2.05, 4.69) is 21.5 Å². The molecule has 5 N–H and O–H groups in total. The van der Waals surface area contributed by atoms with Gasteiger partial charge in [-0.15, -0.1) is 0 Å². The predicted octanol–water partition coefficient (Wildman–Crippen LogP) is 1.71. The number of aliphatic hydroxyl groups is 4. The maximum Gasteiger partial charge on any atom is 0.258 e. The standard InChI is InChI=1S/C26H30N4O6/c1-14(2)35-23-9-6-15(10-16(23)11-27)26-29-25(30-36-26)19-5-3-4-18-17(19)7-8-20(18)28-12-21(32)24(34)22(33)13-31/h3-6,9-10,14,20-22,24,28,31-34H,7-8,12-13H2,1-2H3/t20-,21+,22+,24-/m0/s1. The molecule has 0 radical (unpaired) electrons. The number of ether oxygens (including phenoxy) is 1. The highest BCUT2D eigenvalue weighted by Crippen LogP contribution is 2.37. The summed E-state index contributed by atoms with van der Waals surface area (Å²) in [6.07, 6.45) is -2.61. The molecule has 0 saturated carbocycles. The maximum atomic E-state index is 10.1. The highest BCUT2D eigenvalue weighted by atomic mass is 16.5. The van der Waals surface area contributed by atoms with Gasteiger partial charge in [-0.3, -0.25) is 0 Å². The van der Waals surface area contributed by atoms with E-state index in [9.17, 15) is 20.6 Å². The van der Waals surface area contributed by atoms with E-state index < -0.39 is 24.9 Å². The van der Waals surface area contributed by atoms with Crippen LogP contribution in [0, 0.1) is 11.3 Å². The van der Waals surface area contributed by atoms with Crippen molar-refractivity contribution in [3.05, 3.63) is 53.1 Å². The summed E-state index contributed by atoms with van der Waals surface area (Å²) in [5.41, 5.74) is 3.93. The Hall–Kier alpha value is -3.33. The van der Waals surface area contributed by atoms with Crippen molar-refractivity contribution < 1.29 is 29.7 Å². The minimum atomic E-state index is -1.44. The second-order valence-electron chi connectivity index (χ2n) is 9.09. The topological polar surface area (TPSA) is 165 Å². The average Bonchev–Trinajstić information content (AvgIpc) is 3.54. The summed E-state index contributed by atoms with van der Waals surface area (Å²) in [7, 11) is 0. The van der Waals surface area contributed by atoms with Gasteiger partial charge in [0.2, 0.25) is 5.82 Å². The van der Waals surface area contributed by atoms with Crippen LogP contribution in [0.25, 0.3) is 22.8 Å². The SMILES string of the molecule is CC(C)Oc1ccc(-c2nc(-c3cccc4c3CC[C@@H]4NC[C@@H](O)[C@H](O)[C@H](O)CO)no2)cc1C#N. The van der Waals surface area contributed by atoms with Gasteiger partial charge in [0, 0.05) is 23.7 Å². The van der Waals surface area contributed by atoms with Gasteiger partial charge in [-0.25, -0.2) is 0 Å². The number of fused-ring (bicyclic) bond motifs is 1. The summed E-state index contributed by atoms with van der Waals surface area (Å²) in [4.78, 5) is 4.57. The van der Waals surface area contributed by atoms with Crippen LogP contribution < -0.4 is 10.1 Å². The first-order valence-corrected chi connectivity index (χ1v) is 11.9. The second-order valence-corrected chi connectivity index (χ2v) is 9.09. The van der Waals surface area contributed by atoms with Crippen LogP contribution in [0.5, 0.6) is 5.75 Å². The number of aromatic nitrogens is 2. The van der Waals surface area contributed by atoms with Crippen LogP contribution >= 0.6 is 0 Å². The van der Waals surface area contributed by atoms with E-state index in [-0.39, 0.29) is 18.7 Å². The molecule has 36 heavy (non-hydrogen) atoms. The van der Waals surface area contributed by atoms with Crippen LogP contribution in [0.3, 0.4) is 0 Å². The van der Waals surface area contributed by atoms with Crippen LogP contribution in [-0.4, -0.2) is 68.1 Å². The van der Waals surface area contributed by atoms with Gasteiger partial charge in [0.05, 0.1) is 24.4 Å². The van der Waals surface area contributed by atoms with Crippen LogP contribution in [0.4, 0.5) is 0 Å². The van der Waals surface area contributed by atoms with Crippen molar-refractivity contribution >= 4 is 0 Å². The van der Waals surface area contributed by atoms with Crippen molar-refractivity contribution in [2.75, 3.05) is 13.2 Å². The monoisotopic (exact) mass is 494 g/mol. The molecular formula is C26H30N4O6. The summed E-state index contributed by atoms with van der Waals surface area (Å²) >= 11 is 0. The summed E-state index contributed by atoms with van der Waals surface area (Å²) < 4.78 is 11.2. The average molecular weight is 495 g/mol. The molecular weight excluding hydrogens is 464 g/mol. The van der Waals surface area contributed by atoms with Gasteiger partial charge in [0.15, 0.2) is 0 Å². The molecule has 1 aliphatic rings. The van der Waals surface area contributed by atoms with Gasteiger partial charge in [0.1, 0.15) is 24.0 Å². The van der Waals surface area contributed by atoms with Crippen LogP contribution in [-0.2, 0) is 6.42 Å². The molecule has 10 nitrogen and oxygen atoms in total. The van der Waals surface area contributed by atoms with Crippen LogP contribution in [0.1, 0.15) is 43.0 Å². The Morgan fingerprint density at radius 2 is 2.00 bits per heavy atom. The van der Waals surface area contributed by atoms with Gasteiger partial charge >= 0.3 is 0 Å². The highest BCUT2D eigenvalue weighted by Gasteiger charge is 2.29. The van der Waals surface area contributed by atoms with E-state index in [4.69, 9.17) is 14.4 Å². The Labute approximate surface area is 208 Å². The predicted molar refractivity (Wildman–Crippen MR) is 130 cm³/mol. The van der Waals surface area contributed by atoms with Gasteiger partial charge < -0.3 is 35.0 Å². The van der Waals surface area contributed by atoms with Crippen molar-refractivity contribution in [1.82, 2.24) is 15.5 Å². The van der Waals surface area contributed by atoms with E-state index in [1.807, 2.05) is 32.0 Å². The molecule has 0 amide bonds. The lowest BCUT2D eigenvalue weighted by atomic mass is 10.0. The van der Waals surface area contributed by atoms with Crippen LogP contribution in [0.15, 0.2) is 40.9 Å². The van der Waals surface area contributed by atoms with Crippen molar-refractivity contribution in [2.24, 2.45) is 0 Å². The van der Waals surface area contributed by atoms with Gasteiger partial charge in [-0.05, 0) is 56.0 Å². The molecule has 1 aliphatic carbocycles. The number of nitrogens with one attached hydrogen (secondary N) is 1. The number of hydrogen-bond acceptors (Lipinski definition) is 10. The quantitative estimate of drug-likeness (QED) is 0.280. The first-order valence-electron chi connectivity index (χ1n) is 11.9. The molecule has 190 valence electrons. The van der Waals surface area contributed by atoms with Crippen LogP contribution in [0.2, 0.25) is 0 Å². The number of hydrogen-bond donors (Lipinski definition) is 5. The van der Waals surface area contributed by atoms with Gasteiger partial charge in [0.25, 0.3) is 5.89 Å². The molecule has 1 aromatic heterocycles. The number of nitriles is 1. The summed E-state index contributed by atoms with van der Waals surface area (Å²) in [6, 6.07) is 13.1. The largest absolute Gasteiger partial charge is 0.490 e. The van der Waals surface area contributed by atoms with E-state index in [1.165, 1.54) is 0 Å². The Kier molecular flexibility index (Phi) is 7.98. The first kappa shape index (κ1) is 25.8. The molecule has 0 aliphatic heterocycles. The molecule has 1 heterocycles. The molecule has 3 aromatic rings. The fraction of sp³-hybridized carbons (Fsp3) is 0.423. The number of benzene rings is 2. The maximum absolute atomic E-state index is 10.1. The zero-order chi connectivity index (χ0) is 25.8. The fourth-order valence-electron chi connectivity index (χ4n) is 4.38. The molecule has 4 atom stereocenters. The Balaban J connectivity index is 1.52. The molecule has 0 fully saturated rings. The summed E-state index contributed by atoms with van der Waals surface area (Å²) in [6.45, 7) is 3.21. The molecule has 0 unspecified atom stereocenters. The Morgan fingerprint density at radius 1 is 1.19 bits per heavy atom. The molecule has 2 aromatic carbocycles. The van der Waals surface area contributed by atoms with Crippen molar-refractivity contribution in [2.45, 2.75) is 57.1 Å². The molecule has 4 rings (SSSR count). The van der Waals surface area contributed by atoms with E-state index >= 15 is 0 Å². The Bertz CT molecular complexity index is 1240. The lowest BCUT2D eigenvalue weighted by Gasteiger charge is -2.23. The van der Waals surface area contributed by atoms with Crippen molar-refractivity contribution in [3.8, 4) is 34.7 Å². The molecule has 0 saturated heterocycles. The minimum Gasteiger partial charge on any atom is -0.490 e. The minimum absolute atomic E-state index is 0.0522. The van der Waals surface area contributed by atoms with E-state index in [0.29, 0.717) is 28.6 Å². The third-order valence-electron chi connectivity index (χ3n) is 6.20. The van der Waals surface area contributed by atoms with Crippen molar-refractivity contribution in [3.63, 3.8) is 0 Å². The smallest absolute Gasteiger partial charge is 0.258 e. The number of nitrogens with zero attached hydrogens (tertiary/aromatic N) is 3. The molecule has 0 spiro atoms. The molecule has 0 bridgehead atoms. The normalized spacial score (nSPS) is 17.4. The van der Waals surface area contributed by atoms with Gasteiger partial charge in [-0.1, -0.05) is 23.4 Å². The van der Waals surface area contributed by atoms with Crippen molar-refractivity contribution in [1.29, 1.82) is 5.26 Å². The highest BCUT2D eigenvalue weighted by molar-refractivity contribution is 5.67. The van der Waals surface area contributed by atoms with E-state index in [1.54, 1.807) is 18.2 Å². The Morgan fingerprint density at radius 3 is 2.72 bits per heavy atom. The summed E-state index contributed by atoms with van der Waals surface area (Å²) in [5, 5.41) is 55.4. The fourth-order valence-corrected chi connectivity index (χ4v) is 4.38. The zero-order valence-corrected chi connectivity index (χ0v) is 20.1. The first-order chi connectivity index (χ1) is 17.3. The molecule has 10 heteroatoms. The number of aliphatic hydroxyl groups excluding tert-OH is 4. The lowest BCUT2D eigenvalue weighted by molar-refractivity contribution is -0.0755. The number of rotatable bonds is 10. The third-order valence-corrected chi connectivity index (χ3v) is 6.20. The second kappa shape index (κ2) is 11.2. The summed E-state index contributed by atoms with van der Waals surface area (Å²) in [5.74, 6) is 1.23. The zero-order valence-electron chi connectivity index (χ0n) is 20.1.